The summed E-state index contributed by atoms with van der Waals surface area (Å²) in [4.78, 5) is 4.21. The van der Waals surface area contributed by atoms with E-state index in [1.165, 1.54) is 0 Å². The third-order valence-corrected chi connectivity index (χ3v) is 1.56. The highest BCUT2D eigenvalue weighted by molar-refractivity contribution is 5.73. The van der Waals surface area contributed by atoms with Gasteiger partial charge in [0.05, 0.1) is 12.4 Å². The monoisotopic (exact) mass is 185 g/mol. The van der Waals surface area contributed by atoms with E-state index >= 15 is 0 Å². The average molecular weight is 185 g/mol. The molecule has 0 aliphatic heterocycles. The Kier molecular flexibility index (Phi) is 4.08. The summed E-state index contributed by atoms with van der Waals surface area (Å²) in [5.41, 5.74) is 0. The van der Waals surface area contributed by atoms with Gasteiger partial charge in [-0.3, -0.25) is 0 Å². The highest BCUT2D eigenvalue weighted by atomic mass is 15.1. The molecule has 0 saturated heterocycles. The van der Waals surface area contributed by atoms with Gasteiger partial charge in [-0.15, -0.1) is 0 Å². The zero-order chi connectivity index (χ0) is 10.2. The van der Waals surface area contributed by atoms with E-state index in [2.05, 4.69) is 18.2 Å². The van der Waals surface area contributed by atoms with Crippen molar-refractivity contribution in [3.8, 4) is 0 Å². The number of rotatable bonds is 4. The third-order valence-electron chi connectivity index (χ3n) is 1.56. The van der Waals surface area contributed by atoms with Gasteiger partial charge in [0, 0.05) is 6.08 Å². The van der Waals surface area contributed by atoms with Crippen LogP contribution in [0.2, 0.25) is 0 Å². The first-order valence-corrected chi connectivity index (χ1v) is 4.33. The maximum Gasteiger partial charge on any atom is 0.327 e. The molecular weight excluding hydrogens is 172 g/mol. The maximum atomic E-state index is 4.21. The molecule has 1 aromatic heterocycles. The van der Waals surface area contributed by atoms with Crippen molar-refractivity contribution in [2.45, 2.75) is 0 Å². The van der Waals surface area contributed by atoms with Crippen LogP contribution in [-0.2, 0) is 0 Å². The molecule has 0 aliphatic rings. The van der Waals surface area contributed by atoms with Gasteiger partial charge in [0.1, 0.15) is 6.21 Å². The molecule has 0 aromatic carbocycles. The summed E-state index contributed by atoms with van der Waals surface area (Å²) in [7, 11) is 0. The van der Waals surface area contributed by atoms with Gasteiger partial charge < -0.3 is 0 Å². The number of hydrogen-bond donors (Lipinski definition) is 0. The van der Waals surface area contributed by atoms with Crippen molar-refractivity contribution in [3.63, 3.8) is 0 Å². The first-order chi connectivity index (χ1) is 6.88. The number of pyridine rings is 1. The molecule has 2 nitrogen and oxygen atoms in total. The molecule has 0 bridgehead atoms. The number of hydrogen-bond acceptors (Lipinski definition) is 1. The zero-order valence-corrected chi connectivity index (χ0v) is 8.00. The van der Waals surface area contributed by atoms with E-state index in [4.69, 9.17) is 0 Å². The zero-order valence-electron chi connectivity index (χ0n) is 8.00. The van der Waals surface area contributed by atoms with Crippen LogP contribution in [0, 0.1) is 0 Å². The molecule has 0 spiro atoms. The lowest BCUT2D eigenvalue weighted by atomic mass is 10.4. The summed E-state index contributed by atoms with van der Waals surface area (Å²) in [5, 5.41) is 0. The first-order valence-electron chi connectivity index (χ1n) is 4.33. The Morgan fingerprint density at radius 3 is 2.36 bits per heavy atom. The van der Waals surface area contributed by atoms with Gasteiger partial charge in [0.2, 0.25) is 0 Å². The molecule has 0 N–H and O–H groups in total. The third kappa shape index (κ3) is 2.83. The van der Waals surface area contributed by atoms with Crippen molar-refractivity contribution < 1.29 is 4.57 Å². The van der Waals surface area contributed by atoms with Gasteiger partial charge >= 0.3 is 5.82 Å². The number of aromatic nitrogens is 1. The van der Waals surface area contributed by atoms with Crippen LogP contribution in [-0.4, -0.2) is 6.21 Å². The largest absolute Gasteiger partial charge is 0.327 e. The van der Waals surface area contributed by atoms with Crippen molar-refractivity contribution in [1.29, 1.82) is 0 Å². The van der Waals surface area contributed by atoms with Gasteiger partial charge in [0.25, 0.3) is 0 Å². The van der Waals surface area contributed by atoms with Crippen molar-refractivity contribution in [2.75, 3.05) is 0 Å². The fourth-order valence-corrected chi connectivity index (χ4v) is 0.982. The normalized spacial score (nSPS) is 11.6. The summed E-state index contributed by atoms with van der Waals surface area (Å²) < 4.78 is 1.90. The molecule has 1 rings (SSSR count). The highest BCUT2D eigenvalue weighted by Gasteiger charge is 2.03. The Balaban J connectivity index is 3.01. The minimum absolute atomic E-state index is 0.806. The molecular formula is C12H13N2+. The lowest BCUT2D eigenvalue weighted by Crippen LogP contribution is -2.29. The fraction of sp³-hybridized carbons (Fsp3) is 0. The molecule has 0 unspecified atom stereocenters. The van der Waals surface area contributed by atoms with Gasteiger partial charge in [-0.1, -0.05) is 25.3 Å². The number of aliphatic imine (C=N–C) groups is 1. The van der Waals surface area contributed by atoms with Crippen LogP contribution in [0.4, 0.5) is 0 Å². The quantitative estimate of drug-likeness (QED) is 0.388. The second-order valence-corrected chi connectivity index (χ2v) is 2.56. The van der Waals surface area contributed by atoms with E-state index < -0.39 is 0 Å². The second kappa shape index (κ2) is 5.65. The van der Waals surface area contributed by atoms with Crippen molar-refractivity contribution >= 4 is 12.0 Å². The second-order valence-electron chi connectivity index (χ2n) is 2.56. The van der Waals surface area contributed by atoms with E-state index in [9.17, 15) is 0 Å². The van der Waals surface area contributed by atoms with Gasteiger partial charge in [-0.25, -0.2) is 4.57 Å². The summed E-state index contributed by atoms with van der Waals surface area (Å²) in [6.45, 7) is 7.22. The first kappa shape index (κ1) is 10.1. The van der Waals surface area contributed by atoms with Gasteiger partial charge in [0.15, 0.2) is 0 Å². The van der Waals surface area contributed by atoms with Crippen molar-refractivity contribution in [2.24, 2.45) is 4.99 Å². The Morgan fingerprint density at radius 2 is 1.79 bits per heavy atom. The minimum atomic E-state index is 0.806. The lowest BCUT2D eigenvalue weighted by molar-refractivity contribution is -0.582. The molecule has 0 fully saturated rings. The Morgan fingerprint density at radius 1 is 1.07 bits per heavy atom. The molecule has 0 saturated carbocycles. The van der Waals surface area contributed by atoms with E-state index in [-0.39, 0.29) is 0 Å². The molecule has 70 valence electrons. The maximum absolute atomic E-state index is 4.21. The molecule has 0 aliphatic carbocycles. The van der Waals surface area contributed by atoms with E-state index in [0.717, 1.165) is 5.82 Å². The molecule has 1 heterocycles. The summed E-state index contributed by atoms with van der Waals surface area (Å²) in [5.74, 6) is 0.806. The van der Waals surface area contributed by atoms with Crippen LogP contribution in [0.1, 0.15) is 0 Å². The molecule has 0 amide bonds. The topological polar surface area (TPSA) is 16.2 Å². The molecule has 14 heavy (non-hydrogen) atoms. The van der Waals surface area contributed by atoms with Gasteiger partial charge in [-0.05, 0) is 23.2 Å². The predicted molar refractivity (Wildman–Crippen MR) is 59.8 cm³/mol. The van der Waals surface area contributed by atoms with Crippen molar-refractivity contribution in [1.82, 2.24) is 0 Å². The fourth-order valence-electron chi connectivity index (χ4n) is 0.982. The Bertz CT molecular complexity index is 361. The van der Waals surface area contributed by atoms with E-state index in [1.807, 2.05) is 41.2 Å². The van der Waals surface area contributed by atoms with E-state index in [0.29, 0.717) is 0 Å². The van der Waals surface area contributed by atoms with Crippen LogP contribution in [0.5, 0.6) is 0 Å². The SMILES string of the molecule is C=C/C=N\C(=C/C=C)[n+]1ccccc1. The Hall–Kier alpha value is -1.96. The van der Waals surface area contributed by atoms with E-state index in [1.54, 1.807) is 18.4 Å². The Labute approximate surface area is 84.2 Å². The summed E-state index contributed by atoms with van der Waals surface area (Å²) in [6, 6.07) is 5.85. The standard InChI is InChI=1S/C12H13N2/c1-3-8-12(13-9-4-2)14-10-6-5-7-11-14/h3-11H,1-2H2/q+1/b12-8+,13-9-. The predicted octanol–water partition coefficient (Wildman–Crippen LogP) is 2.22. The minimum Gasteiger partial charge on any atom is -0.203 e. The van der Waals surface area contributed by atoms with Crippen molar-refractivity contribution in [3.05, 3.63) is 62.0 Å². The van der Waals surface area contributed by atoms with Crippen LogP contribution in [0.3, 0.4) is 0 Å². The lowest BCUT2D eigenvalue weighted by Gasteiger charge is -1.93. The van der Waals surface area contributed by atoms with Crippen LogP contribution < -0.4 is 4.57 Å². The highest BCUT2D eigenvalue weighted by Crippen LogP contribution is 1.95. The summed E-state index contributed by atoms with van der Waals surface area (Å²) >= 11 is 0. The number of nitrogens with zero attached hydrogens (tertiary/aromatic N) is 2. The molecule has 0 atom stereocenters. The van der Waals surface area contributed by atoms with Gasteiger partial charge in [-0.2, -0.15) is 0 Å². The van der Waals surface area contributed by atoms with Crippen LogP contribution in [0.25, 0.3) is 5.82 Å². The average Bonchev–Trinajstić information content (AvgIpc) is 2.25. The summed E-state index contributed by atoms with van der Waals surface area (Å²) in [6.07, 6.45) is 10.7. The van der Waals surface area contributed by atoms with Crippen LogP contribution in [0.15, 0.2) is 67.0 Å². The smallest absolute Gasteiger partial charge is 0.203 e. The molecule has 0 radical (unpaired) electrons. The molecule has 2 heteroatoms. The molecule has 1 aromatic rings. The van der Waals surface area contributed by atoms with Crippen LogP contribution >= 0.6 is 0 Å². The number of allylic oxidation sites excluding steroid dienone is 3.